The number of rotatable bonds is 1. The molecule has 0 spiro atoms. The zero-order valence-corrected chi connectivity index (χ0v) is 9.23. The predicted molar refractivity (Wildman–Crippen MR) is 61.2 cm³/mol. The van der Waals surface area contributed by atoms with Gasteiger partial charge in [0.1, 0.15) is 0 Å². The van der Waals surface area contributed by atoms with Crippen LogP contribution in [0.5, 0.6) is 0 Å². The zero-order chi connectivity index (χ0) is 10.7. The Labute approximate surface area is 91.1 Å². The lowest BCUT2D eigenvalue weighted by molar-refractivity contribution is 0.169. The molecule has 0 aromatic rings. The normalized spacial score (nSPS) is 29.7. The topological polar surface area (TPSA) is 70.9 Å². The molecule has 5 heteroatoms. The Morgan fingerprint density at radius 1 is 1.13 bits per heavy atom. The lowest BCUT2D eigenvalue weighted by Gasteiger charge is -2.32. The van der Waals surface area contributed by atoms with Gasteiger partial charge >= 0.3 is 0 Å². The summed E-state index contributed by atoms with van der Waals surface area (Å²) >= 11 is 0. The minimum Gasteiger partial charge on any atom is -0.368 e. The van der Waals surface area contributed by atoms with Gasteiger partial charge in [-0.05, 0) is 32.4 Å². The van der Waals surface area contributed by atoms with Crippen LogP contribution >= 0.6 is 0 Å². The first-order chi connectivity index (χ1) is 7.31. The standard InChI is InChI=1S/C10H21N5/c11-10(13-12)15-7-4-9(8-15)14-5-2-1-3-6-14/h9H,1-8,12H2,(H2,11,13). The SMILES string of the molecule is NN=C(N)N1CCC(N2CCCCC2)C1. The van der Waals surface area contributed by atoms with Gasteiger partial charge in [-0.25, -0.2) is 0 Å². The highest BCUT2D eigenvalue weighted by atomic mass is 15.4. The molecule has 86 valence electrons. The van der Waals surface area contributed by atoms with E-state index in [0.29, 0.717) is 12.0 Å². The van der Waals surface area contributed by atoms with Crippen molar-refractivity contribution in [2.24, 2.45) is 16.7 Å². The first-order valence-electron chi connectivity index (χ1n) is 5.83. The van der Waals surface area contributed by atoms with E-state index >= 15 is 0 Å². The van der Waals surface area contributed by atoms with Crippen molar-refractivity contribution in [1.82, 2.24) is 9.80 Å². The zero-order valence-electron chi connectivity index (χ0n) is 9.23. The van der Waals surface area contributed by atoms with Gasteiger partial charge in [0.2, 0.25) is 5.96 Å². The number of hydrogen-bond donors (Lipinski definition) is 2. The molecule has 0 amide bonds. The van der Waals surface area contributed by atoms with Crippen LogP contribution in [0.25, 0.3) is 0 Å². The van der Waals surface area contributed by atoms with Crippen molar-refractivity contribution in [3.63, 3.8) is 0 Å². The Balaban J connectivity index is 1.86. The number of guanidine groups is 1. The summed E-state index contributed by atoms with van der Waals surface area (Å²) in [6.07, 6.45) is 5.27. The van der Waals surface area contributed by atoms with Crippen LogP contribution in [0, 0.1) is 0 Å². The fourth-order valence-corrected chi connectivity index (χ4v) is 2.61. The predicted octanol–water partition coefficient (Wildman–Crippen LogP) is -0.265. The molecule has 2 heterocycles. The summed E-state index contributed by atoms with van der Waals surface area (Å²) in [5.41, 5.74) is 5.70. The fourth-order valence-electron chi connectivity index (χ4n) is 2.61. The monoisotopic (exact) mass is 211 g/mol. The van der Waals surface area contributed by atoms with E-state index in [4.69, 9.17) is 11.6 Å². The summed E-state index contributed by atoms with van der Waals surface area (Å²) in [4.78, 5) is 4.67. The lowest BCUT2D eigenvalue weighted by Crippen LogP contribution is -2.43. The molecule has 15 heavy (non-hydrogen) atoms. The van der Waals surface area contributed by atoms with E-state index in [1.807, 2.05) is 0 Å². The second-order valence-corrected chi connectivity index (χ2v) is 4.47. The molecule has 0 aliphatic carbocycles. The molecule has 2 saturated heterocycles. The maximum Gasteiger partial charge on any atom is 0.213 e. The molecule has 0 bridgehead atoms. The van der Waals surface area contributed by atoms with Gasteiger partial charge in [-0.2, -0.15) is 0 Å². The number of likely N-dealkylation sites (tertiary alicyclic amines) is 2. The molecule has 0 aromatic heterocycles. The van der Waals surface area contributed by atoms with Gasteiger partial charge in [-0.3, -0.25) is 4.90 Å². The third kappa shape index (κ3) is 2.34. The van der Waals surface area contributed by atoms with Crippen LogP contribution in [0.2, 0.25) is 0 Å². The van der Waals surface area contributed by atoms with E-state index in [1.165, 1.54) is 38.8 Å². The number of hydrazone groups is 1. The highest BCUT2D eigenvalue weighted by Crippen LogP contribution is 2.19. The summed E-state index contributed by atoms with van der Waals surface area (Å²) < 4.78 is 0. The second-order valence-electron chi connectivity index (χ2n) is 4.47. The van der Waals surface area contributed by atoms with Crippen molar-refractivity contribution in [2.75, 3.05) is 26.2 Å². The molecule has 2 fully saturated rings. The van der Waals surface area contributed by atoms with Crippen LogP contribution in [-0.4, -0.2) is 48.0 Å². The first kappa shape index (κ1) is 10.5. The van der Waals surface area contributed by atoms with Gasteiger partial charge in [0.25, 0.3) is 0 Å². The number of nitrogens with zero attached hydrogens (tertiary/aromatic N) is 3. The summed E-state index contributed by atoms with van der Waals surface area (Å²) in [6.45, 7) is 4.48. The number of hydrogen-bond acceptors (Lipinski definition) is 3. The molecule has 1 atom stereocenters. The molecule has 1 unspecified atom stereocenters. The molecule has 2 aliphatic rings. The van der Waals surface area contributed by atoms with Crippen LogP contribution in [-0.2, 0) is 0 Å². The molecule has 2 rings (SSSR count). The van der Waals surface area contributed by atoms with Crippen molar-refractivity contribution in [3.8, 4) is 0 Å². The molecule has 5 nitrogen and oxygen atoms in total. The van der Waals surface area contributed by atoms with Crippen molar-refractivity contribution in [3.05, 3.63) is 0 Å². The molecule has 4 N–H and O–H groups in total. The second kappa shape index (κ2) is 4.70. The van der Waals surface area contributed by atoms with Gasteiger partial charge in [-0.1, -0.05) is 6.42 Å². The summed E-state index contributed by atoms with van der Waals surface area (Å²) in [5.74, 6) is 5.66. The molecule has 0 saturated carbocycles. The van der Waals surface area contributed by atoms with Crippen molar-refractivity contribution >= 4 is 5.96 Å². The van der Waals surface area contributed by atoms with E-state index in [2.05, 4.69) is 14.9 Å². The lowest BCUT2D eigenvalue weighted by atomic mass is 10.1. The van der Waals surface area contributed by atoms with Crippen LogP contribution in [0.1, 0.15) is 25.7 Å². The van der Waals surface area contributed by atoms with Crippen molar-refractivity contribution < 1.29 is 0 Å². The van der Waals surface area contributed by atoms with E-state index in [9.17, 15) is 0 Å². The molecule has 0 aromatic carbocycles. The molecular formula is C10H21N5. The Morgan fingerprint density at radius 3 is 2.53 bits per heavy atom. The average Bonchev–Trinajstić information content (AvgIpc) is 2.78. The number of piperidine rings is 1. The first-order valence-corrected chi connectivity index (χ1v) is 5.83. The highest BCUT2D eigenvalue weighted by molar-refractivity contribution is 5.78. The third-order valence-electron chi connectivity index (χ3n) is 3.53. The largest absolute Gasteiger partial charge is 0.368 e. The Kier molecular flexibility index (Phi) is 3.30. The maximum atomic E-state index is 5.70. The smallest absolute Gasteiger partial charge is 0.213 e. The Hall–Kier alpha value is -0.970. The van der Waals surface area contributed by atoms with E-state index in [1.54, 1.807) is 0 Å². The highest BCUT2D eigenvalue weighted by Gasteiger charge is 2.29. The van der Waals surface area contributed by atoms with E-state index in [0.717, 1.165) is 13.1 Å². The van der Waals surface area contributed by atoms with Gasteiger partial charge in [-0.15, -0.1) is 5.10 Å². The Bertz CT molecular complexity index is 234. The summed E-state index contributed by atoms with van der Waals surface area (Å²) in [5, 5.41) is 3.55. The van der Waals surface area contributed by atoms with Gasteiger partial charge in [0.05, 0.1) is 0 Å². The maximum absolute atomic E-state index is 5.70. The van der Waals surface area contributed by atoms with E-state index in [-0.39, 0.29) is 0 Å². The third-order valence-corrected chi connectivity index (χ3v) is 3.53. The van der Waals surface area contributed by atoms with E-state index < -0.39 is 0 Å². The van der Waals surface area contributed by atoms with Crippen LogP contribution in [0.4, 0.5) is 0 Å². The number of nitrogens with two attached hydrogens (primary N) is 2. The minimum absolute atomic E-state index is 0.481. The molecule has 0 radical (unpaired) electrons. The van der Waals surface area contributed by atoms with Crippen LogP contribution < -0.4 is 11.6 Å². The van der Waals surface area contributed by atoms with Crippen molar-refractivity contribution in [1.29, 1.82) is 0 Å². The van der Waals surface area contributed by atoms with Gasteiger partial charge in [0.15, 0.2) is 0 Å². The average molecular weight is 211 g/mol. The van der Waals surface area contributed by atoms with Crippen LogP contribution in [0.3, 0.4) is 0 Å². The Morgan fingerprint density at radius 2 is 1.87 bits per heavy atom. The summed E-state index contributed by atoms with van der Waals surface area (Å²) in [7, 11) is 0. The minimum atomic E-state index is 0.481. The quantitative estimate of drug-likeness (QED) is 0.271. The molecular weight excluding hydrogens is 190 g/mol. The summed E-state index contributed by atoms with van der Waals surface area (Å²) in [6, 6.07) is 0.658. The van der Waals surface area contributed by atoms with Crippen LogP contribution in [0.15, 0.2) is 5.10 Å². The van der Waals surface area contributed by atoms with Gasteiger partial charge in [0, 0.05) is 19.1 Å². The van der Waals surface area contributed by atoms with Gasteiger partial charge < -0.3 is 16.5 Å². The molecule has 2 aliphatic heterocycles. The fraction of sp³-hybridized carbons (Fsp3) is 0.900. The van der Waals surface area contributed by atoms with Crippen molar-refractivity contribution in [2.45, 2.75) is 31.7 Å².